The molecule has 0 saturated carbocycles. The van der Waals surface area contributed by atoms with Crippen LogP contribution in [-0.4, -0.2) is 31.1 Å². The number of hydrogen-bond acceptors (Lipinski definition) is 2. The van der Waals surface area contributed by atoms with E-state index in [-0.39, 0.29) is 17.9 Å². The Morgan fingerprint density at radius 3 is 2.67 bits per heavy atom. The molecule has 1 aliphatic heterocycles. The Kier molecular flexibility index (Phi) is 4.83. The molecule has 2 N–H and O–H groups in total. The Morgan fingerprint density at radius 1 is 1.29 bits per heavy atom. The van der Waals surface area contributed by atoms with Crippen LogP contribution < -0.4 is 15.5 Å². The summed E-state index contributed by atoms with van der Waals surface area (Å²) in [5.41, 5.74) is 2.15. The van der Waals surface area contributed by atoms with Crippen LogP contribution in [0.4, 0.5) is 10.5 Å². The molecule has 1 atom stereocenters. The number of carbonyl (C=O) groups excluding carboxylic acids is 2. The number of urea groups is 1. The van der Waals surface area contributed by atoms with E-state index in [2.05, 4.69) is 10.6 Å². The average Bonchev–Trinajstić information content (AvgIpc) is 2.88. The van der Waals surface area contributed by atoms with Crippen LogP contribution in [-0.2, 0) is 11.2 Å². The molecule has 0 fully saturated rings. The van der Waals surface area contributed by atoms with Gasteiger partial charge in [0.1, 0.15) is 6.04 Å². The first-order chi connectivity index (χ1) is 10.0. The van der Waals surface area contributed by atoms with E-state index >= 15 is 0 Å². The third-order valence-electron chi connectivity index (χ3n) is 3.71. The third kappa shape index (κ3) is 3.35. The van der Waals surface area contributed by atoms with Crippen molar-refractivity contribution >= 4 is 17.6 Å². The van der Waals surface area contributed by atoms with Crippen LogP contribution in [0, 0.1) is 5.92 Å². The van der Waals surface area contributed by atoms with Crippen molar-refractivity contribution in [1.29, 1.82) is 0 Å². The highest BCUT2D eigenvalue weighted by Crippen LogP contribution is 2.28. The lowest BCUT2D eigenvalue weighted by Gasteiger charge is -2.27. The number of rotatable bonds is 4. The zero-order valence-corrected chi connectivity index (χ0v) is 12.8. The van der Waals surface area contributed by atoms with E-state index in [9.17, 15) is 9.59 Å². The molecule has 0 aromatic heterocycles. The predicted molar refractivity (Wildman–Crippen MR) is 83.3 cm³/mol. The summed E-state index contributed by atoms with van der Waals surface area (Å²) >= 11 is 0. The summed E-state index contributed by atoms with van der Waals surface area (Å²) in [7, 11) is 0. The average molecular weight is 289 g/mol. The van der Waals surface area contributed by atoms with Gasteiger partial charge in [-0.3, -0.25) is 4.79 Å². The minimum Gasteiger partial charge on any atom is -0.338 e. The molecule has 5 heteroatoms. The molecule has 21 heavy (non-hydrogen) atoms. The number of nitrogens with zero attached hydrogens (tertiary/aromatic N) is 1. The van der Waals surface area contributed by atoms with Crippen molar-refractivity contribution in [2.75, 3.05) is 18.0 Å². The van der Waals surface area contributed by atoms with Crippen LogP contribution in [0.1, 0.15) is 26.3 Å². The molecule has 1 aromatic rings. The number of benzene rings is 1. The van der Waals surface area contributed by atoms with E-state index < -0.39 is 6.04 Å². The van der Waals surface area contributed by atoms with Gasteiger partial charge in [0.2, 0.25) is 5.91 Å². The molecule has 0 saturated heterocycles. The van der Waals surface area contributed by atoms with Crippen molar-refractivity contribution in [3.8, 4) is 0 Å². The normalized spacial score (nSPS) is 14.8. The summed E-state index contributed by atoms with van der Waals surface area (Å²) in [5, 5.41) is 5.46. The predicted octanol–water partition coefficient (Wildman–Crippen LogP) is 1.92. The Balaban J connectivity index is 2.15. The van der Waals surface area contributed by atoms with Crippen molar-refractivity contribution in [3.05, 3.63) is 29.8 Å². The fraction of sp³-hybridized carbons (Fsp3) is 0.500. The number of fused-ring (bicyclic) bond motifs is 1. The monoisotopic (exact) mass is 289 g/mol. The molecule has 3 amide bonds. The SMILES string of the molecule is CCNC(=O)NC(C(=O)N1CCc2ccccc21)C(C)C. The molecule has 2 rings (SSSR count). The number of hydrogen-bond donors (Lipinski definition) is 2. The van der Waals surface area contributed by atoms with Gasteiger partial charge in [0.25, 0.3) is 0 Å². The summed E-state index contributed by atoms with van der Waals surface area (Å²) in [6.07, 6.45) is 0.869. The second-order valence-electron chi connectivity index (χ2n) is 5.59. The molecule has 5 nitrogen and oxygen atoms in total. The highest BCUT2D eigenvalue weighted by atomic mass is 16.2. The van der Waals surface area contributed by atoms with Crippen molar-refractivity contribution in [3.63, 3.8) is 0 Å². The van der Waals surface area contributed by atoms with Crippen LogP contribution >= 0.6 is 0 Å². The maximum atomic E-state index is 12.8. The maximum Gasteiger partial charge on any atom is 0.315 e. The molecule has 1 unspecified atom stereocenters. The summed E-state index contributed by atoms with van der Waals surface area (Å²) in [5.74, 6) is -0.00549. The van der Waals surface area contributed by atoms with E-state index in [1.165, 1.54) is 5.56 Å². The first-order valence-corrected chi connectivity index (χ1v) is 7.48. The topological polar surface area (TPSA) is 61.4 Å². The van der Waals surface area contributed by atoms with Gasteiger partial charge in [-0.25, -0.2) is 4.79 Å². The quantitative estimate of drug-likeness (QED) is 0.889. The lowest BCUT2D eigenvalue weighted by molar-refractivity contribution is -0.121. The number of nitrogens with one attached hydrogen (secondary N) is 2. The van der Waals surface area contributed by atoms with Crippen molar-refractivity contribution < 1.29 is 9.59 Å². The van der Waals surface area contributed by atoms with Gasteiger partial charge >= 0.3 is 6.03 Å². The molecule has 0 bridgehead atoms. The highest BCUT2D eigenvalue weighted by molar-refractivity contribution is 6.00. The summed E-state index contributed by atoms with van der Waals surface area (Å²) < 4.78 is 0. The second kappa shape index (κ2) is 6.61. The minimum atomic E-state index is -0.511. The van der Waals surface area contributed by atoms with Crippen LogP contribution in [0.15, 0.2) is 24.3 Å². The molecule has 0 radical (unpaired) electrons. The van der Waals surface area contributed by atoms with E-state index in [0.717, 1.165) is 12.1 Å². The van der Waals surface area contributed by atoms with E-state index in [0.29, 0.717) is 13.1 Å². The van der Waals surface area contributed by atoms with E-state index in [1.54, 1.807) is 4.90 Å². The zero-order valence-electron chi connectivity index (χ0n) is 12.8. The minimum absolute atomic E-state index is 0.0351. The Hall–Kier alpha value is -2.04. The van der Waals surface area contributed by atoms with Gasteiger partial charge in [-0.2, -0.15) is 0 Å². The standard InChI is InChI=1S/C16H23N3O2/c1-4-17-16(21)18-14(11(2)3)15(20)19-10-9-12-7-5-6-8-13(12)19/h5-8,11,14H,4,9-10H2,1-3H3,(H2,17,18,21). The van der Waals surface area contributed by atoms with E-state index in [4.69, 9.17) is 0 Å². The van der Waals surface area contributed by atoms with Gasteiger partial charge in [0, 0.05) is 18.8 Å². The largest absolute Gasteiger partial charge is 0.338 e. The van der Waals surface area contributed by atoms with Crippen LogP contribution in [0.25, 0.3) is 0 Å². The molecule has 114 valence electrons. The number of amides is 3. The van der Waals surface area contributed by atoms with Gasteiger partial charge in [-0.1, -0.05) is 32.0 Å². The van der Waals surface area contributed by atoms with E-state index in [1.807, 2.05) is 45.0 Å². The second-order valence-corrected chi connectivity index (χ2v) is 5.59. The van der Waals surface area contributed by atoms with Crippen LogP contribution in [0.3, 0.4) is 0 Å². The number of para-hydroxylation sites is 1. The maximum absolute atomic E-state index is 12.8. The van der Waals surface area contributed by atoms with Gasteiger partial charge in [0.15, 0.2) is 0 Å². The van der Waals surface area contributed by atoms with Crippen LogP contribution in [0.2, 0.25) is 0 Å². The molecular formula is C16H23N3O2. The first kappa shape index (κ1) is 15.4. The van der Waals surface area contributed by atoms with Crippen molar-refractivity contribution in [2.24, 2.45) is 5.92 Å². The fourth-order valence-corrected chi connectivity index (χ4v) is 2.60. The zero-order chi connectivity index (χ0) is 15.4. The Bertz CT molecular complexity index is 528. The summed E-state index contributed by atoms with van der Waals surface area (Å²) in [4.78, 5) is 26.3. The van der Waals surface area contributed by atoms with Crippen LogP contribution in [0.5, 0.6) is 0 Å². The summed E-state index contributed by atoms with van der Waals surface area (Å²) in [6, 6.07) is 7.12. The third-order valence-corrected chi connectivity index (χ3v) is 3.71. The highest BCUT2D eigenvalue weighted by Gasteiger charge is 2.32. The molecule has 0 aliphatic carbocycles. The molecular weight excluding hydrogens is 266 g/mol. The van der Waals surface area contributed by atoms with Gasteiger partial charge in [-0.15, -0.1) is 0 Å². The lowest BCUT2D eigenvalue weighted by Crippen LogP contribution is -2.53. The molecule has 1 heterocycles. The number of carbonyl (C=O) groups is 2. The first-order valence-electron chi connectivity index (χ1n) is 7.48. The Morgan fingerprint density at radius 2 is 2.00 bits per heavy atom. The Labute approximate surface area is 125 Å². The lowest BCUT2D eigenvalue weighted by atomic mass is 10.0. The van der Waals surface area contributed by atoms with Crippen molar-refractivity contribution in [2.45, 2.75) is 33.2 Å². The van der Waals surface area contributed by atoms with Gasteiger partial charge in [0.05, 0.1) is 0 Å². The molecule has 1 aromatic carbocycles. The molecule has 1 aliphatic rings. The number of anilines is 1. The molecule has 0 spiro atoms. The van der Waals surface area contributed by atoms with Gasteiger partial charge in [-0.05, 0) is 30.9 Å². The smallest absolute Gasteiger partial charge is 0.315 e. The fourth-order valence-electron chi connectivity index (χ4n) is 2.60. The van der Waals surface area contributed by atoms with Crippen molar-refractivity contribution in [1.82, 2.24) is 10.6 Å². The summed E-state index contributed by atoms with van der Waals surface area (Å²) in [6.45, 7) is 6.95. The van der Waals surface area contributed by atoms with Gasteiger partial charge < -0.3 is 15.5 Å².